The molecule has 0 unspecified atom stereocenters. The summed E-state index contributed by atoms with van der Waals surface area (Å²) in [5.41, 5.74) is 3.97. The first-order valence-corrected chi connectivity index (χ1v) is 8.65. The fraction of sp³-hybridized carbons (Fsp3) is 0.263. The number of benzene rings is 2. The Bertz CT molecular complexity index is 793. The summed E-state index contributed by atoms with van der Waals surface area (Å²) in [5, 5.41) is 13.7. The molecule has 26 heavy (non-hydrogen) atoms. The topological polar surface area (TPSA) is 80.2 Å². The van der Waals surface area contributed by atoms with Crippen molar-refractivity contribution in [2.75, 3.05) is 18.6 Å². The van der Waals surface area contributed by atoms with E-state index in [1.807, 2.05) is 13.8 Å². The zero-order chi connectivity index (χ0) is 18.9. The molecule has 0 aliphatic heterocycles. The van der Waals surface area contributed by atoms with Gasteiger partial charge in [-0.05, 0) is 43.2 Å². The first-order valence-electron chi connectivity index (χ1n) is 8.27. The lowest BCUT2D eigenvalue weighted by atomic mass is 10.2. The van der Waals surface area contributed by atoms with Gasteiger partial charge in [0.1, 0.15) is 0 Å². The van der Waals surface area contributed by atoms with Gasteiger partial charge in [-0.15, -0.1) is 0 Å². The minimum atomic E-state index is -1.03. The summed E-state index contributed by atoms with van der Waals surface area (Å²) in [6.45, 7) is 4.91. The molecular weight excluding hydrogens is 356 g/mol. The number of rotatable bonds is 9. The number of carbonyl (C=O) groups is 1. The van der Waals surface area contributed by atoms with Gasteiger partial charge in [-0.2, -0.15) is 5.10 Å². The number of halogens is 1. The molecule has 0 heterocycles. The molecule has 0 amide bonds. The highest BCUT2D eigenvalue weighted by atomic mass is 35.5. The number of nitrogens with one attached hydrogen (secondary N) is 1. The number of hydrogen-bond acceptors (Lipinski definition) is 5. The van der Waals surface area contributed by atoms with Crippen molar-refractivity contribution >= 4 is 29.5 Å². The molecule has 0 aliphatic rings. The van der Waals surface area contributed by atoms with Crippen molar-refractivity contribution in [3.8, 4) is 11.5 Å². The average Bonchev–Trinajstić information content (AvgIpc) is 2.61. The van der Waals surface area contributed by atoms with E-state index < -0.39 is 5.97 Å². The van der Waals surface area contributed by atoms with E-state index in [2.05, 4.69) is 10.5 Å². The normalized spacial score (nSPS) is 10.7. The fourth-order valence-corrected chi connectivity index (χ4v) is 2.49. The van der Waals surface area contributed by atoms with Gasteiger partial charge in [0.25, 0.3) is 0 Å². The molecule has 0 aromatic heterocycles. The smallest absolute Gasteiger partial charge is 0.337 e. The van der Waals surface area contributed by atoms with Crippen LogP contribution in [0.5, 0.6) is 11.5 Å². The maximum absolute atomic E-state index is 11.2. The Morgan fingerprint density at radius 1 is 1.27 bits per heavy atom. The maximum Gasteiger partial charge on any atom is 0.337 e. The Labute approximate surface area is 157 Å². The monoisotopic (exact) mass is 376 g/mol. The maximum atomic E-state index is 11.2. The zero-order valence-corrected chi connectivity index (χ0v) is 15.4. The molecule has 2 N–H and O–H groups in total. The van der Waals surface area contributed by atoms with Crippen LogP contribution in [0.2, 0.25) is 5.02 Å². The highest BCUT2D eigenvalue weighted by molar-refractivity contribution is 6.32. The molecule has 2 aromatic rings. The van der Waals surface area contributed by atoms with Gasteiger partial charge in [-0.3, -0.25) is 5.43 Å². The largest absolute Gasteiger partial charge is 0.490 e. The summed E-state index contributed by atoms with van der Waals surface area (Å²) in [5.74, 6) is 0.0277. The zero-order valence-electron chi connectivity index (χ0n) is 14.7. The number of aromatic carboxylic acids is 1. The Hall–Kier alpha value is -2.73. The summed E-state index contributed by atoms with van der Waals surface area (Å²) >= 11 is 6.30. The molecule has 0 saturated carbocycles. The third-order valence-electron chi connectivity index (χ3n) is 3.34. The van der Waals surface area contributed by atoms with Crippen molar-refractivity contribution in [2.24, 2.45) is 5.10 Å². The van der Waals surface area contributed by atoms with E-state index in [0.717, 1.165) is 6.42 Å². The lowest BCUT2D eigenvalue weighted by Gasteiger charge is -2.13. The van der Waals surface area contributed by atoms with Crippen molar-refractivity contribution in [3.05, 3.63) is 52.5 Å². The van der Waals surface area contributed by atoms with Gasteiger partial charge < -0.3 is 14.6 Å². The van der Waals surface area contributed by atoms with Crippen LogP contribution in [-0.4, -0.2) is 30.5 Å². The van der Waals surface area contributed by atoms with Crippen LogP contribution < -0.4 is 14.9 Å². The predicted molar refractivity (Wildman–Crippen MR) is 103 cm³/mol. The van der Waals surface area contributed by atoms with E-state index >= 15 is 0 Å². The average molecular weight is 377 g/mol. The molecule has 2 aromatic carbocycles. The fourth-order valence-electron chi connectivity index (χ4n) is 2.21. The predicted octanol–water partition coefficient (Wildman–Crippen LogP) is 4.67. The Morgan fingerprint density at radius 2 is 2.04 bits per heavy atom. The number of anilines is 1. The standard InChI is InChI=1S/C19H21ClN2O4/c1-3-9-26-18-15(20)10-13(11-17(18)25-4-2)12-21-22-16-8-6-5-7-14(16)19(23)24/h5-8,10-12,22H,3-4,9H2,1-2H3,(H,23,24). The van der Waals surface area contributed by atoms with Gasteiger partial charge in [-0.1, -0.05) is 30.7 Å². The Morgan fingerprint density at radius 3 is 2.73 bits per heavy atom. The summed E-state index contributed by atoms with van der Waals surface area (Å²) in [6, 6.07) is 10.0. The Kier molecular flexibility index (Phi) is 7.29. The van der Waals surface area contributed by atoms with Gasteiger partial charge in [0, 0.05) is 0 Å². The van der Waals surface area contributed by atoms with Crippen LogP contribution >= 0.6 is 11.6 Å². The first-order chi connectivity index (χ1) is 12.6. The number of carboxylic acids is 1. The van der Waals surface area contributed by atoms with Gasteiger partial charge in [0.15, 0.2) is 11.5 Å². The molecule has 6 nitrogen and oxygen atoms in total. The lowest BCUT2D eigenvalue weighted by Crippen LogP contribution is -2.03. The highest BCUT2D eigenvalue weighted by Gasteiger charge is 2.12. The molecule has 2 rings (SSSR count). The van der Waals surface area contributed by atoms with Crippen LogP contribution in [0.3, 0.4) is 0 Å². The molecule has 0 radical (unpaired) electrons. The van der Waals surface area contributed by atoms with Crippen molar-refractivity contribution in [2.45, 2.75) is 20.3 Å². The molecule has 0 spiro atoms. The SMILES string of the molecule is CCCOc1c(Cl)cc(C=NNc2ccccc2C(=O)O)cc1OCC. The number of para-hydroxylation sites is 1. The Balaban J connectivity index is 2.21. The minimum absolute atomic E-state index is 0.140. The van der Waals surface area contributed by atoms with E-state index in [0.29, 0.717) is 41.0 Å². The van der Waals surface area contributed by atoms with Gasteiger partial charge in [-0.25, -0.2) is 4.79 Å². The third kappa shape index (κ3) is 5.13. The van der Waals surface area contributed by atoms with Crippen LogP contribution in [0.4, 0.5) is 5.69 Å². The second-order valence-electron chi connectivity index (χ2n) is 5.33. The van der Waals surface area contributed by atoms with Crippen LogP contribution in [0.1, 0.15) is 36.2 Å². The van der Waals surface area contributed by atoms with Gasteiger partial charge in [0.05, 0.1) is 35.7 Å². The van der Waals surface area contributed by atoms with E-state index in [4.69, 9.17) is 21.1 Å². The van der Waals surface area contributed by atoms with Crippen LogP contribution in [-0.2, 0) is 0 Å². The number of hydrazone groups is 1. The third-order valence-corrected chi connectivity index (χ3v) is 3.62. The molecule has 138 valence electrons. The van der Waals surface area contributed by atoms with E-state index in [9.17, 15) is 9.90 Å². The highest BCUT2D eigenvalue weighted by Crippen LogP contribution is 2.36. The quantitative estimate of drug-likeness (QED) is 0.491. The lowest BCUT2D eigenvalue weighted by molar-refractivity contribution is 0.0698. The van der Waals surface area contributed by atoms with Crippen LogP contribution in [0.15, 0.2) is 41.5 Å². The number of nitrogens with zero attached hydrogens (tertiary/aromatic N) is 1. The summed E-state index contributed by atoms with van der Waals surface area (Å²) in [6.07, 6.45) is 2.40. The minimum Gasteiger partial charge on any atom is -0.490 e. The van der Waals surface area contributed by atoms with Crippen LogP contribution in [0, 0.1) is 0 Å². The molecule has 0 atom stereocenters. The second kappa shape index (κ2) is 9.68. The van der Waals surface area contributed by atoms with E-state index in [1.54, 1.807) is 30.3 Å². The van der Waals surface area contributed by atoms with E-state index in [1.165, 1.54) is 12.3 Å². The number of hydrogen-bond donors (Lipinski definition) is 2. The molecular formula is C19H21ClN2O4. The van der Waals surface area contributed by atoms with Crippen LogP contribution in [0.25, 0.3) is 0 Å². The van der Waals surface area contributed by atoms with E-state index in [-0.39, 0.29) is 5.56 Å². The molecule has 0 saturated heterocycles. The van der Waals surface area contributed by atoms with Crippen molar-refractivity contribution in [1.29, 1.82) is 0 Å². The molecule has 0 bridgehead atoms. The number of ether oxygens (including phenoxy) is 2. The molecule has 7 heteroatoms. The van der Waals surface area contributed by atoms with Crippen molar-refractivity contribution in [3.63, 3.8) is 0 Å². The number of carboxylic acid groups (broad SMARTS) is 1. The van der Waals surface area contributed by atoms with Gasteiger partial charge in [0.2, 0.25) is 0 Å². The van der Waals surface area contributed by atoms with Crippen molar-refractivity contribution in [1.82, 2.24) is 0 Å². The van der Waals surface area contributed by atoms with Crippen molar-refractivity contribution < 1.29 is 19.4 Å². The summed E-state index contributed by atoms with van der Waals surface area (Å²) in [4.78, 5) is 11.2. The summed E-state index contributed by atoms with van der Waals surface area (Å²) < 4.78 is 11.3. The first kappa shape index (κ1) is 19.6. The molecule has 0 aliphatic carbocycles. The second-order valence-corrected chi connectivity index (χ2v) is 5.74. The molecule has 0 fully saturated rings. The summed E-state index contributed by atoms with van der Waals surface area (Å²) in [7, 11) is 0. The van der Waals surface area contributed by atoms with Gasteiger partial charge >= 0.3 is 5.97 Å².